The third-order valence-corrected chi connectivity index (χ3v) is 5.62. The van der Waals surface area contributed by atoms with Crippen LogP contribution in [0.25, 0.3) is 27.5 Å². The number of benzene rings is 3. The van der Waals surface area contributed by atoms with Crippen molar-refractivity contribution >= 4 is 39.2 Å². The summed E-state index contributed by atoms with van der Waals surface area (Å²) in [4.78, 5) is 29.2. The SMILES string of the molecule is O=C(Nc1ccccc1)c1ccc2[nH]c3c4[n+](ccc3c2c1)-c1ccccc1C4=O. The Labute approximate surface area is 171 Å². The number of carbonyl (C=O) groups is 2. The van der Waals surface area contributed by atoms with Gasteiger partial charge in [-0.3, -0.25) is 9.59 Å². The fourth-order valence-electron chi connectivity index (χ4n) is 4.21. The van der Waals surface area contributed by atoms with E-state index in [1.54, 1.807) is 6.07 Å². The minimum absolute atomic E-state index is 0.00444. The molecule has 0 saturated heterocycles. The molecule has 1 aliphatic heterocycles. The quantitative estimate of drug-likeness (QED) is 0.431. The van der Waals surface area contributed by atoms with Gasteiger partial charge in [0.25, 0.3) is 17.4 Å². The first kappa shape index (κ1) is 16.7. The van der Waals surface area contributed by atoms with Crippen molar-refractivity contribution in [2.45, 2.75) is 0 Å². The van der Waals surface area contributed by atoms with Crippen molar-refractivity contribution in [1.29, 1.82) is 0 Å². The van der Waals surface area contributed by atoms with Gasteiger partial charge in [0, 0.05) is 39.7 Å². The van der Waals surface area contributed by atoms with Crippen molar-refractivity contribution < 1.29 is 14.2 Å². The minimum Gasteiger partial charge on any atom is -0.349 e. The standard InChI is InChI=1S/C25H15N3O2/c29-24-18-8-4-5-9-21(18)28-13-12-17-19-14-15(10-11-20(19)27-22(17)23(24)28)25(30)26-16-6-2-1-3-7-16/h1-14H,(H,26,30)/p+1. The van der Waals surface area contributed by atoms with E-state index in [-0.39, 0.29) is 11.7 Å². The molecule has 3 aromatic carbocycles. The van der Waals surface area contributed by atoms with E-state index in [9.17, 15) is 9.59 Å². The first-order chi connectivity index (χ1) is 14.7. The molecule has 2 N–H and O–H groups in total. The number of carbonyl (C=O) groups excluding carboxylic acids is 2. The van der Waals surface area contributed by atoms with Gasteiger partial charge in [-0.25, -0.2) is 0 Å². The molecule has 6 rings (SSSR count). The highest BCUT2D eigenvalue weighted by Crippen LogP contribution is 2.31. The molecule has 0 spiro atoms. The van der Waals surface area contributed by atoms with Crippen LogP contribution in [0, 0.1) is 0 Å². The molecule has 3 heterocycles. The smallest absolute Gasteiger partial charge is 0.284 e. The number of aromatic nitrogens is 2. The Kier molecular flexibility index (Phi) is 3.40. The van der Waals surface area contributed by atoms with Crippen LogP contribution in [0.2, 0.25) is 0 Å². The second kappa shape index (κ2) is 6.12. The number of amides is 1. The molecule has 2 aromatic heterocycles. The summed E-state index contributed by atoms with van der Waals surface area (Å²) in [5.41, 5.74) is 5.20. The van der Waals surface area contributed by atoms with Crippen LogP contribution in [0.4, 0.5) is 5.69 Å². The van der Waals surface area contributed by atoms with E-state index in [0.717, 1.165) is 33.2 Å². The predicted octanol–water partition coefficient (Wildman–Crippen LogP) is 4.39. The van der Waals surface area contributed by atoms with Gasteiger partial charge < -0.3 is 10.3 Å². The topological polar surface area (TPSA) is 65.8 Å². The van der Waals surface area contributed by atoms with Crippen molar-refractivity contribution in [2.75, 3.05) is 5.32 Å². The van der Waals surface area contributed by atoms with Crippen molar-refractivity contribution in [2.24, 2.45) is 0 Å². The molecule has 1 amide bonds. The largest absolute Gasteiger partial charge is 0.349 e. The summed E-state index contributed by atoms with van der Waals surface area (Å²) >= 11 is 0. The number of pyridine rings is 1. The number of rotatable bonds is 2. The second-order valence-electron chi connectivity index (χ2n) is 7.37. The van der Waals surface area contributed by atoms with E-state index in [4.69, 9.17) is 0 Å². The second-order valence-corrected chi connectivity index (χ2v) is 7.37. The highest BCUT2D eigenvalue weighted by molar-refractivity contribution is 6.21. The first-order valence-electron chi connectivity index (χ1n) is 9.71. The minimum atomic E-state index is -0.170. The average Bonchev–Trinajstić information content (AvgIpc) is 3.30. The van der Waals surface area contributed by atoms with Crippen LogP contribution >= 0.6 is 0 Å². The van der Waals surface area contributed by atoms with Crippen LogP contribution in [0.15, 0.2) is 85.1 Å². The lowest BCUT2D eigenvalue weighted by Gasteiger charge is -2.05. The number of hydrogen-bond acceptors (Lipinski definition) is 2. The van der Waals surface area contributed by atoms with Crippen LogP contribution in [0.3, 0.4) is 0 Å². The predicted molar refractivity (Wildman–Crippen MR) is 115 cm³/mol. The zero-order chi connectivity index (χ0) is 20.2. The lowest BCUT2D eigenvalue weighted by Crippen LogP contribution is -2.31. The number of para-hydroxylation sites is 2. The van der Waals surface area contributed by atoms with Crippen molar-refractivity contribution in [3.05, 3.63) is 102 Å². The summed E-state index contributed by atoms with van der Waals surface area (Å²) < 4.78 is 1.93. The molecule has 0 unspecified atom stereocenters. The molecular formula is C25H16N3O2+. The average molecular weight is 390 g/mol. The van der Waals surface area contributed by atoms with Gasteiger partial charge in [0.05, 0.1) is 0 Å². The van der Waals surface area contributed by atoms with E-state index >= 15 is 0 Å². The molecule has 1 aliphatic rings. The number of nitrogens with zero attached hydrogens (tertiary/aromatic N) is 1. The van der Waals surface area contributed by atoms with Gasteiger partial charge in [-0.1, -0.05) is 30.3 Å². The number of anilines is 1. The molecular weight excluding hydrogens is 374 g/mol. The van der Waals surface area contributed by atoms with Gasteiger partial charge in [0.15, 0.2) is 6.20 Å². The summed E-state index contributed by atoms with van der Waals surface area (Å²) in [7, 11) is 0. The molecule has 5 nitrogen and oxygen atoms in total. The Morgan fingerprint density at radius 3 is 2.53 bits per heavy atom. The van der Waals surface area contributed by atoms with E-state index in [2.05, 4.69) is 10.3 Å². The molecule has 30 heavy (non-hydrogen) atoms. The number of H-pyrrole nitrogens is 1. The third-order valence-electron chi connectivity index (χ3n) is 5.62. The molecule has 0 atom stereocenters. The van der Waals surface area contributed by atoms with Crippen molar-refractivity contribution in [3.8, 4) is 5.69 Å². The van der Waals surface area contributed by atoms with Crippen LogP contribution in [0.1, 0.15) is 26.4 Å². The number of hydrogen-bond donors (Lipinski definition) is 2. The van der Waals surface area contributed by atoms with Gasteiger partial charge in [-0.2, -0.15) is 4.57 Å². The van der Waals surface area contributed by atoms with Crippen LogP contribution < -0.4 is 9.88 Å². The summed E-state index contributed by atoms with van der Waals surface area (Å²) in [6, 6.07) is 24.5. The maximum absolute atomic E-state index is 13.1. The lowest BCUT2D eigenvalue weighted by molar-refractivity contribution is -0.592. The molecule has 5 heteroatoms. The van der Waals surface area contributed by atoms with Crippen molar-refractivity contribution in [3.63, 3.8) is 0 Å². The molecule has 0 fully saturated rings. The van der Waals surface area contributed by atoms with Crippen LogP contribution in [0.5, 0.6) is 0 Å². The normalized spacial score (nSPS) is 12.2. The number of nitrogens with one attached hydrogen (secondary N) is 2. The van der Waals surface area contributed by atoms with Crippen molar-refractivity contribution in [1.82, 2.24) is 4.98 Å². The maximum Gasteiger partial charge on any atom is 0.284 e. The maximum atomic E-state index is 13.1. The lowest BCUT2D eigenvalue weighted by atomic mass is 10.1. The zero-order valence-corrected chi connectivity index (χ0v) is 15.8. The molecule has 0 radical (unpaired) electrons. The Bertz CT molecular complexity index is 1500. The van der Waals surface area contributed by atoms with Crippen LogP contribution in [-0.4, -0.2) is 16.7 Å². The fraction of sp³-hybridized carbons (Fsp3) is 0. The highest BCUT2D eigenvalue weighted by Gasteiger charge is 2.38. The van der Waals surface area contributed by atoms with Gasteiger partial charge in [-0.15, -0.1) is 0 Å². The summed E-state index contributed by atoms with van der Waals surface area (Å²) in [5.74, 6) is -0.165. The van der Waals surface area contributed by atoms with E-state index in [0.29, 0.717) is 16.8 Å². The number of aromatic amines is 1. The Hall–Kier alpha value is -4.25. The monoisotopic (exact) mass is 390 g/mol. The molecule has 142 valence electrons. The fourth-order valence-corrected chi connectivity index (χ4v) is 4.21. The molecule has 0 bridgehead atoms. The van der Waals surface area contributed by atoms with Gasteiger partial charge in [0.2, 0.25) is 5.69 Å². The third kappa shape index (κ3) is 2.32. The molecule has 5 aromatic rings. The summed E-state index contributed by atoms with van der Waals surface area (Å²) in [6.45, 7) is 0. The van der Waals surface area contributed by atoms with E-state index in [1.807, 2.05) is 83.6 Å². The Morgan fingerprint density at radius 2 is 1.67 bits per heavy atom. The van der Waals surface area contributed by atoms with Gasteiger partial charge in [-0.05, 0) is 36.4 Å². The molecule has 0 aliphatic carbocycles. The Balaban J connectivity index is 1.49. The first-order valence-corrected chi connectivity index (χ1v) is 9.71. The van der Waals surface area contributed by atoms with Gasteiger partial charge in [0.1, 0.15) is 11.1 Å². The van der Waals surface area contributed by atoms with E-state index < -0.39 is 0 Å². The zero-order valence-electron chi connectivity index (χ0n) is 15.8. The summed E-state index contributed by atoms with van der Waals surface area (Å²) in [5, 5.41) is 4.75. The van der Waals surface area contributed by atoms with Gasteiger partial charge >= 0.3 is 0 Å². The molecule has 0 saturated carbocycles. The highest BCUT2D eigenvalue weighted by atomic mass is 16.1. The number of ketones is 1. The number of fused-ring (bicyclic) bond motifs is 7. The Morgan fingerprint density at radius 1 is 0.867 bits per heavy atom. The van der Waals surface area contributed by atoms with Crippen LogP contribution in [-0.2, 0) is 0 Å². The summed E-state index contributed by atoms with van der Waals surface area (Å²) in [6.07, 6.45) is 1.92. The van der Waals surface area contributed by atoms with E-state index in [1.165, 1.54) is 0 Å².